The first kappa shape index (κ1) is 12.0. The molecule has 1 fully saturated rings. The summed E-state index contributed by atoms with van der Waals surface area (Å²) in [6, 6.07) is 6.49. The lowest BCUT2D eigenvalue weighted by atomic mass is 9.90. The molecule has 5 nitrogen and oxygen atoms in total. The van der Waals surface area contributed by atoms with Gasteiger partial charge in [-0.1, -0.05) is 12.8 Å². The zero-order valence-electron chi connectivity index (χ0n) is 10.7. The van der Waals surface area contributed by atoms with Crippen LogP contribution < -0.4 is 11.1 Å². The Morgan fingerprint density at radius 3 is 3.05 bits per heavy atom. The van der Waals surface area contributed by atoms with Gasteiger partial charge in [0, 0.05) is 18.3 Å². The lowest BCUT2D eigenvalue weighted by Gasteiger charge is -2.30. The van der Waals surface area contributed by atoms with Gasteiger partial charge in [-0.3, -0.25) is 0 Å². The van der Waals surface area contributed by atoms with Crippen molar-refractivity contribution in [3.05, 3.63) is 30.1 Å². The normalized spacial score (nSPS) is 23.2. The van der Waals surface area contributed by atoms with Gasteiger partial charge in [0.05, 0.1) is 23.0 Å². The van der Waals surface area contributed by atoms with Crippen LogP contribution in [-0.2, 0) is 0 Å². The Balaban J connectivity index is 1.98. The monoisotopic (exact) mass is 255 g/mol. The summed E-state index contributed by atoms with van der Waals surface area (Å²) in [7, 11) is 0. The van der Waals surface area contributed by atoms with Crippen LogP contribution in [0.1, 0.15) is 31.2 Å². The van der Waals surface area contributed by atoms with Crippen LogP contribution in [-0.4, -0.2) is 21.7 Å². The molecule has 0 radical (unpaired) electrons. The van der Waals surface area contributed by atoms with E-state index in [-0.39, 0.29) is 12.1 Å². The van der Waals surface area contributed by atoms with Crippen LogP contribution in [0, 0.1) is 11.3 Å². The van der Waals surface area contributed by atoms with Crippen LogP contribution in [0.2, 0.25) is 0 Å². The SMILES string of the molecule is N#Cc1cnn2cccc2c1N[C@@H]1CCCC[C@H]1N. The first-order chi connectivity index (χ1) is 9.29. The minimum Gasteiger partial charge on any atom is -0.378 e. The molecule has 0 saturated heterocycles. The molecule has 0 spiro atoms. The Kier molecular flexibility index (Phi) is 3.10. The van der Waals surface area contributed by atoms with Gasteiger partial charge in [-0.2, -0.15) is 10.4 Å². The third-order valence-electron chi connectivity index (χ3n) is 3.83. The molecular formula is C14H17N5. The van der Waals surface area contributed by atoms with Gasteiger partial charge in [0.15, 0.2) is 0 Å². The summed E-state index contributed by atoms with van der Waals surface area (Å²) in [6.45, 7) is 0. The van der Waals surface area contributed by atoms with Crippen LogP contribution in [0.3, 0.4) is 0 Å². The highest BCUT2D eigenvalue weighted by molar-refractivity contribution is 5.77. The second-order valence-electron chi connectivity index (χ2n) is 5.08. The van der Waals surface area contributed by atoms with Gasteiger partial charge in [-0.25, -0.2) is 4.52 Å². The molecule has 2 heterocycles. The molecule has 0 aliphatic heterocycles. The molecule has 3 N–H and O–H groups in total. The van der Waals surface area contributed by atoms with Crippen molar-refractivity contribution in [3.63, 3.8) is 0 Å². The van der Waals surface area contributed by atoms with Crippen molar-refractivity contribution in [2.45, 2.75) is 37.8 Å². The minimum absolute atomic E-state index is 0.156. The van der Waals surface area contributed by atoms with Crippen molar-refractivity contribution in [3.8, 4) is 6.07 Å². The number of hydrogen-bond acceptors (Lipinski definition) is 4. The fraction of sp³-hybridized carbons (Fsp3) is 0.429. The fourth-order valence-corrected chi connectivity index (χ4v) is 2.75. The van der Waals surface area contributed by atoms with Gasteiger partial charge in [-0.05, 0) is 25.0 Å². The first-order valence-electron chi connectivity index (χ1n) is 6.68. The predicted molar refractivity (Wildman–Crippen MR) is 73.8 cm³/mol. The van der Waals surface area contributed by atoms with Crippen LogP contribution in [0.15, 0.2) is 24.5 Å². The number of nitriles is 1. The van der Waals surface area contributed by atoms with E-state index in [1.165, 1.54) is 12.8 Å². The van der Waals surface area contributed by atoms with E-state index in [1.54, 1.807) is 10.7 Å². The Hall–Kier alpha value is -2.06. The molecule has 1 saturated carbocycles. The zero-order valence-corrected chi connectivity index (χ0v) is 10.7. The first-order valence-corrected chi connectivity index (χ1v) is 6.68. The van der Waals surface area contributed by atoms with Gasteiger partial charge in [-0.15, -0.1) is 0 Å². The highest BCUT2D eigenvalue weighted by Crippen LogP contribution is 2.26. The molecule has 2 aromatic rings. The summed E-state index contributed by atoms with van der Waals surface area (Å²) in [5.74, 6) is 0. The molecule has 3 rings (SSSR count). The average Bonchev–Trinajstić information content (AvgIpc) is 2.90. The lowest BCUT2D eigenvalue weighted by Crippen LogP contribution is -2.42. The molecule has 98 valence electrons. The number of nitrogens with one attached hydrogen (secondary N) is 1. The molecule has 0 unspecified atom stereocenters. The van der Waals surface area contributed by atoms with E-state index < -0.39 is 0 Å². The average molecular weight is 255 g/mol. The number of hydrogen-bond donors (Lipinski definition) is 2. The molecule has 0 bridgehead atoms. The topological polar surface area (TPSA) is 79.1 Å². The zero-order chi connectivity index (χ0) is 13.2. The summed E-state index contributed by atoms with van der Waals surface area (Å²) >= 11 is 0. The number of fused-ring (bicyclic) bond motifs is 1. The fourth-order valence-electron chi connectivity index (χ4n) is 2.75. The Labute approximate surface area is 112 Å². The van der Waals surface area contributed by atoms with Gasteiger partial charge in [0.25, 0.3) is 0 Å². The summed E-state index contributed by atoms with van der Waals surface area (Å²) in [5, 5.41) is 16.9. The standard InChI is InChI=1S/C14H17N5/c15-8-10-9-17-19-7-3-6-13(19)14(10)18-12-5-2-1-4-11(12)16/h3,6-7,9,11-12,18H,1-2,4-5,16H2/t11-,12-/m1/s1. The maximum Gasteiger partial charge on any atom is 0.103 e. The number of anilines is 1. The van der Waals surface area contributed by atoms with Crippen molar-refractivity contribution in [2.75, 3.05) is 5.32 Å². The Morgan fingerprint density at radius 2 is 2.26 bits per heavy atom. The molecular weight excluding hydrogens is 238 g/mol. The largest absolute Gasteiger partial charge is 0.378 e. The summed E-state index contributed by atoms with van der Waals surface area (Å²) in [5.41, 5.74) is 8.52. The van der Waals surface area contributed by atoms with Crippen molar-refractivity contribution in [1.82, 2.24) is 9.61 Å². The molecule has 0 aromatic carbocycles. The Morgan fingerprint density at radius 1 is 1.42 bits per heavy atom. The van der Waals surface area contributed by atoms with E-state index in [1.807, 2.05) is 18.3 Å². The van der Waals surface area contributed by atoms with Crippen molar-refractivity contribution in [2.24, 2.45) is 5.73 Å². The second kappa shape index (κ2) is 4.90. The molecule has 1 aliphatic rings. The third kappa shape index (κ3) is 2.15. The van der Waals surface area contributed by atoms with Crippen LogP contribution in [0.4, 0.5) is 5.69 Å². The predicted octanol–water partition coefficient (Wildman–Crippen LogP) is 1.89. The van der Waals surface area contributed by atoms with E-state index in [0.717, 1.165) is 24.0 Å². The van der Waals surface area contributed by atoms with Crippen molar-refractivity contribution in [1.29, 1.82) is 5.26 Å². The smallest absolute Gasteiger partial charge is 0.103 e. The summed E-state index contributed by atoms with van der Waals surface area (Å²) in [6.07, 6.45) is 7.96. The third-order valence-corrected chi connectivity index (χ3v) is 3.83. The van der Waals surface area contributed by atoms with Gasteiger partial charge < -0.3 is 11.1 Å². The lowest BCUT2D eigenvalue weighted by molar-refractivity contribution is 0.404. The van der Waals surface area contributed by atoms with Gasteiger partial charge in [0.2, 0.25) is 0 Å². The van der Waals surface area contributed by atoms with Crippen molar-refractivity contribution >= 4 is 11.2 Å². The quantitative estimate of drug-likeness (QED) is 0.858. The molecule has 0 amide bonds. The van der Waals surface area contributed by atoms with Gasteiger partial charge in [0.1, 0.15) is 6.07 Å². The molecule has 2 atom stereocenters. The highest BCUT2D eigenvalue weighted by atomic mass is 15.2. The molecule has 19 heavy (non-hydrogen) atoms. The van der Waals surface area contributed by atoms with Crippen LogP contribution >= 0.6 is 0 Å². The number of nitrogens with two attached hydrogens (primary N) is 1. The highest BCUT2D eigenvalue weighted by Gasteiger charge is 2.23. The number of nitrogens with zero attached hydrogens (tertiary/aromatic N) is 3. The van der Waals surface area contributed by atoms with Gasteiger partial charge >= 0.3 is 0 Å². The Bertz CT molecular complexity index is 624. The van der Waals surface area contributed by atoms with E-state index in [9.17, 15) is 5.26 Å². The van der Waals surface area contributed by atoms with E-state index in [4.69, 9.17) is 5.73 Å². The maximum atomic E-state index is 9.24. The van der Waals surface area contributed by atoms with Crippen LogP contribution in [0.5, 0.6) is 0 Å². The molecule has 1 aliphatic carbocycles. The molecule has 2 aromatic heterocycles. The maximum absolute atomic E-state index is 9.24. The van der Waals surface area contributed by atoms with E-state index in [0.29, 0.717) is 5.56 Å². The number of aromatic nitrogens is 2. The molecule has 5 heteroatoms. The summed E-state index contributed by atoms with van der Waals surface area (Å²) in [4.78, 5) is 0. The van der Waals surface area contributed by atoms with E-state index >= 15 is 0 Å². The number of rotatable bonds is 2. The van der Waals surface area contributed by atoms with E-state index in [2.05, 4.69) is 16.5 Å². The van der Waals surface area contributed by atoms with Crippen molar-refractivity contribution < 1.29 is 0 Å². The second-order valence-corrected chi connectivity index (χ2v) is 5.08. The summed E-state index contributed by atoms with van der Waals surface area (Å²) < 4.78 is 1.78. The minimum atomic E-state index is 0.156. The van der Waals surface area contributed by atoms with Crippen LogP contribution in [0.25, 0.3) is 5.52 Å².